The molecule has 6 aliphatic rings. The van der Waals surface area contributed by atoms with E-state index in [2.05, 4.69) is 4.90 Å². The number of esters is 2. The number of ether oxygens (including phenoxy) is 6. The van der Waals surface area contributed by atoms with Crippen LogP contribution in [0.1, 0.15) is 30.1 Å². The van der Waals surface area contributed by atoms with Crippen molar-refractivity contribution in [2.75, 3.05) is 48.6 Å². The molecule has 45 heavy (non-hydrogen) atoms. The Labute approximate surface area is 262 Å². The van der Waals surface area contributed by atoms with Crippen LogP contribution in [-0.2, 0) is 33.2 Å². The van der Waals surface area contributed by atoms with Gasteiger partial charge in [-0.15, -0.1) is 0 Å². The molecule has 1 saturated heterocycles. The summed E-state index contributed by atoms with van der Waals surface area (Å²) in [5.74, 6) is -3.66. The number of aliphatic hydroxyl groups is 3. The third-order valence-electron chi connectivity index (χ3n) is 12.9. The predicted molar refractivity (Wildman–Crippen MR) is 156 cm³/mol. The van der Waals surface area contributed by atoms with Gasteiger partial charge >= 0.3 is 11.9 Å². The molecule has 0 aromatic heterocycles. The van der Waals surface area contributed by atoms with Crippen molar-refractivity contribution >= 4 is 11.9 Å². The van der Waals surface area contributed by atoms with Gasteiger partial charge in [-0.1, -0.05) is 18.2 Å². The Kier molecular flexibility index (Phi) is 7.28. The quantitative estimate of drug-likeness (QED) is 0.337. The van der Waals surface area contributed by atoms with Crippen LogP contribution in [0.4, 0.5) is 0 Å². The number of carbonyl (C=O) groups is 2. The van der Waals surface area contributed by atoms with E-state index in [0.29, 0.717) is 18.5 Å². The fraction of sp³-hybridized carbons (Fsp3) is 0.758. The zero-order valence-electron chi connectivity index (χ0n) is 26.6. The fourth-order valence-corrected chi connectivity index (χ4v) is 12.2. The molecule has 15 atom stereocenters. The Bertz CT molecular complexity index is 1350. The Morgan fingerprint density at radius 2 is 1.71 bits per heavy atom. The summed E-state index contributed by atoms with van der Waals surface area (Å²) in [4.78, 5) is 29.1. The first-order valence-corrected chi connectivity index (χ1v) is 15.8. The molecule has 5 saturated carbocycles. The number of aliphatic hydroxyl groups excluding tert-OH is 2. The van der Waals surface area contributed by atoms with Crippen LogP contribution in [0, 0.1) is 34.5 Å². The minimum absolute atomic E-state index is 0.0754. The van der Waals surface area contributed by atoms with Crippen molar-refractivity contribution in [3.8, 4) is 0 Å². The minimum Gasteiger partial charge on any atom is -0.455 e. The molecule has 12 heteroatoms. The Balaban J connectivity index is 1.52. The number of hydrogen-bond donors (Lipinski definition) is 3. The standard InChI is InChI=1S/C33H45NO11/c1-16(35)45-33-21-18(13-31(39,28(43-6)26(33)37)27(21)44-29(38)17-10-8-7-9-11-17)32-20(41-4)12-19(36)30(15-40-3)14-34(2)25(32)22(33)23(42-5)24(30)32/h7-11,18-28,36-37,39H,12-15H2,1-6H3/t18-,19?,20+,21-,22?,23+,24-,25?,26+,27-,28+,30+,31+,32?,33-/m1/s1. The van der Waals surface area contributed by atoms with Gasteiger partial charge in [-0.3, -0.25) is 4.79 Å². The lowest BCUT2D eigenvalue weighted by atomic mass is 9.42. The average molecular weight is 632 g/mol. The fourth-order valence-electron chi connectivity index (χ4n) is 12.2. The number of methoxy groups -OCH3 is 4. The van der Waals surface area contributed by atoms with Crippen LogP contribution in [-0.4, -0.2) is 135 Å². The summed E-state index contributed by atoms with van der Waals surface area (Å²) in [7, 11) is 8.20. The molecule has 7 bridgehead atoms. The lowest BCUT2D eigenvalue weighted by molar-refractivity contribution is -0.321. The topological polar surface area (TPSA) is 153 Å². The van der Waals surface area contributed by atoms with Crippen molar-refractivity contribution in [1.29, 1.82) is 0 Å². The molecule has 0 radical (unpaired) electrons. The van der Waals surface area contributed by atoms with E-state index in [4.69, 9.17) is 28.4 Å². The van der Waals surface area contributed by atoms with Crippen molar-refractivity contribution in [3.05, 3.63) is 35.9 Å². The smallest absolute Gasteiger partial charge is 0.338 e. The summed E-state index contributed by atoms with van der Waals surface area (Å²) in [6.07, 6.45) is -5.50. The van der Waals surface area contributed by atoms with E-state index >= 15 is 0 Å². The molecule has 6 fully saturated rings. The van der Waals surface area contributed by atoms with Crippen LogP contribution in [0.15, 0.2) is 30.3 Å². The van der Waals surface area contributed by atoms with Crippen LogP contribution in [0.3, 0.4) is 0 Å². The van der Waals surface area contributed by atoms with Crippen LogP contribution in [0.2, 0.25) is 0 Å². The van der Waals surface area contributed by atoms with Crippen LogP contribution >= 0.6 is 0 Å². The summed E-state index contributed by atoms with van der Waals surface area (Å²) in [5.41, 5.74) is -4.79. The zero-order chi connectivity index (χ0) is 32.3. The first kappa shape index (κ1) is 31.4. The van der Waals surface area contributed by atoms with Gasteiger partial charge in [0.25, 0.3) is 0 Å². The van der Waals surface area contributed by atoms with E-state index in [-0.39, 0.29) is 25.0 Å². The molecule has 5 aliphatic carbocycles. The number of rotatable bonds is 8. The minimum atomic E-state index is -1.83. The van der Waals surface area contributed by atoms with Gasteiger partial charge in [0.2, 0.25) is 0 Å². The predicted octanol–water partition coefficient (Wildman–Crippen LogP) is 0.258. The molecule has 7 rings (SSSR count). The normalized spacial score (nSPS) is 50.7. The number of piperidine rings is 1. The summed E-state index contributed by atoms with van der Waals surface area (Å²) < 4.78 is 37.2. The number of benzene rings is 1. The number of likely N-dealkylation sites (tertiary alicyclic amines) is 1. The van der Waals surface area contributed by atoms with Crippen LogP contribution < -0.4 is 0 Å². The molecular formula is C33H45NO11. The van der Waals surface area contributed by atoms with E-state index in [1.807, 2.05) is 7.05 Å². The highest BCUT2D eigenvalue weighted by molar-refractivity contribution is 5.89. The molecule has 1 aliphatic heterocycles. The molecule has 1 aromatic carbocycles. The molecule has 1 heterocycles. The number of fused-ring (bicyclic) bond motifs is 2. The molecular weight excluding hydrogens is 586 g/mol. The Morgan fingerprint density at radius 1 is 1.00 bits per heavy atom. The van der Waals surface area contributed by atoms with Crippen LogP contribution in [0.25, 0.3) is 0 Å². The third-order valence-corrected chi connectivity index (χ3v) is 12.9. The lowest BCUT2D eigenvalue weighted by Crippen LogP contribution is -2.81. The van der Waals surface area contributed by atoms with E-state index < -0.39 is 88.3 Å². The van der Waals surface area contributed by atoms with Crippen molar-refractivity contribution in [2.24, 2.45) is 34.5 Å². The Morgan fingerprint density at radius 3 is 2.31 bits per heavy atom. The van der Waals surface area contributed by atoms with Gasteiger partial charge < -0.3 is 48.6 Å². The van der Waals surface area contributed by atoms with Gasteiger partial charge in [-0.25, -0.2) is 4.79 Å². The maximum Gasteiger partial charge on any atom is 0.338 e. The summed E-state index contributed by atoms with van der Waals surface area (Å²) in [6, 6.07) is 8.15. The highest BCUT2D eigenvalue weighted by atomic mass is 16.6. The number of carbonyl (C=O) groups excluding carboxylic acids is 2. The summed E-state index contributed by atoms with van der Waals surface area (Å²) >= 11 is 0. The molecule has 1 spiro atoms. The van der Waals surface area contributed by atoms with E-state index in [1.165, 1.54) is 14.0 Å². The van der Waals surface area contributed by atoms with Crippen molar-refractivity contribution in [3.63, 3.8) is 0 Å². The van der Waals surface area contributed by atoms with Gasteiger partial charge in [0.15, 0.2) is 5.60 Å². The third kappa shape index (κ3) is 3.55. The van der Waals surface area contributed by atoms with Crippen molar-refractivity contribution < 1.29 is 53.3 Å². The second-order valence-corrected chi connectivity index (χ2v) is 14.3. The van der Waals surface area contributed by atoms with Gasteiger partial charge in [-0.05, 0) is 31.5 Å². The monoisotopic (exact) mass is 631 g/mol. The SMILES string of the molecule is COC[C@]12CN(C)C3C4[C@H](OC)[C@H]1C3([C@@H](OC)CC2O)[C@@H]1C[C@]2(O)[C@H](OC(=O)c3ccccc3)[C@@H]1[C@]4(OC(C)=O)[C@@H](O)[C@@H]2OC. The van der Waals surface area contributed by atoms with Gasteiger partial charge in [0.05, 0.1) is 30.5 Å². The first-order chi connectivity index (χ1) is 21.4. The lowest BCUT2D eigenvalue weighted by Gasteiger charge is -2.70. The van der Waals surface area contributed by atoms with E-state index in [0.717, 1.165) is 0 Å². The van der Waals surface area contributed by atoms with Gasteiger partial charge in [0.1, 0.15) is 23.9 Å². The molecule has 4 unspecified atom stereocenters. The van der Waals surface area contributed by atoms with Gasteiger partial charge in [0, 0.05) is 83.0 Å². The van der Waals surface area contributed by atoms with Crippen molar-refractivity contribution in [1.82, 2.24) is 4.90 Å². The maximum absolute atomic E-state index is 13.7. The molecule has 1 aromatic rings. The summed E-state index contributed by atoms with van der Waals surface area (Å²) in [5, 5.41) is 37.0. The van der Waals surface area contributed by atoms with Gasteiger partial charge in [-0.2, -0.15) is 0 Å². The molecule has 12 nitrogen and oxygen atoms in total. The van der Waals surface area contributed by atoms with Crippen LogP contribution in [0.5, 0.6) is 0 Å². The first-order valence-electron chi connectivity index (χ1n) is 15.8. The molecule has 248 valence electrons. The number of hydrogen-bond acceptors (Lipinski definition) is 12. The molecule has 0 amide bonds. The largest absolute Gasteiger partial charge is 0.455 e. The summed E-state index contributed by atoms with van der Waals surface area (Å²) in [6.45, 7) is 2.00. The second kappa shape index (κ2) is 10.4. The second-order valence-electron chi connectivity index (χ2n) is 14.3. The highest BCUT2D eigenvalue weighted by Gasteiger charge is 2.92. The highest BCUT2D eigenvalue weighted by Crippen LogP contribution is 2.80. The average Bonchev–Trinajstić information content (AvgIpc) is 3.40. The maximum atomic E-state index is 13.7. The molecule has 3 N–H and O–H groups in total. The van der Waals surface area contributed by atoms with Crippen molar-refractivity contribution in [2.45, 2.75) is 73.6 Å². The number of nitrogens with zero attached hydrogens (tertiary/aromatic N) is 1. The zero-order valence-corrected chi connectivity index (χ0v) is 26.6. The van der Waals surface area contributed by atoms with E-state index in [1.54, 1.807) is 51.7 Å². The Hall–Kier alpha value is -2.16. The van der Waals surface area contributed by atoms with E-state index in [9.17, 15) is 24.9 Å².